The number of hydrogen-bond donors (Lipinski definition) is 1. The van der Waals surface area contributed by atoms with Gasteiger partial charge in [-0.15, -0.1) is 0 Å². The molecule has 0 radical (unpaired) electrons. The van der Waals surface area contributed by atoms with Crippen LogP contribution in [0.2, 0.25) is 10.0 Å². The van der Waals surface area contributed by atoms with Gasteiger partial charge in [-0.2, -0.15) is 0 Å². The number of hydrogen-bond acceptors (Lipinski definition) is 1. The van der Waals surface area contributed by atoms with Gasteiger partial charge in [-0.05, 0) is 24.5 Å². The SMILES string of the molecule is CC(Nc1cccc(Cl)c1Cl)C(C)(C)C. The molecule has 0 amide bonds. The molecule has 15 heavy (non-hydrogen) atoms. The second kappa shape index (κ2) is 4.63. The van der Waals surface area contributed by atoms with E-state index in [2.05, 4.69) is 33.0 Å². The van der Waals surface area contributed by atoms with E-state index < -0.39 is 0 Å². The van der Waals surface area contributed by atoms with E-state index in [0.717, 1.165) is 5.69 Å². The van der Waals surface area contributed by atoms with Gasteiger partial charge in [0, 0.05) is 6.04 Å². The predicted octanol–water partition coefficient (Wildman–Crippen LogP) is 4.84. The fourth-order valence-corrected chi connectivity index (χ4v) is 1.42. The fraction of sp³-hybridized carbons (Fsp3) is 0.500. The first kappa shape index (κ1) is 12.7. The molecule has 0 saturated carbocycles. The third-order valence-corrected chi connectivity index (χ3v) is 3.44. The van der Waals surface area contributed by atoms with Gasteiger partial charge in [-0.25, -0.2) is 0 Å². The Bertz CT molecular complexity index is 342. The third-order valence-electron chi connectivity index (χ3n) is 2.62. The van der Waals surface area contributed by atoms with Crippen LogP contribution in [-0.4, -0.2) is 6.04 Å². The van der Waals surface area contributed by atoms with Crippen molar-refractivity contribution in [2.45, 2.75) is 33.7 Å². The zero-order chi connectivity index (χ0) is 11.6. The predicted molar refractivity (Wildman–Crippen MR) is 69.0 cm³/mol. The largest absolute Gasteiger partial charge is 0.381 e. The van der Waals surface area contributed by atoms with Gasteiger partial charge in [-0.1, -0.05) is 50.0 Å². The van der Waals surface area contributed by atoms with Crippen LogP contribution in [-0.2, 0) is 0 Å². The van der Waals surface area contributed by atoms with Crippen LogP contribution in [0.15, 0.2) is 18.2 Å². The molecule has 1 aromatic carbocycles. The van der Waals surface area contributed by atoms with Crippen molar-refractivity contribution < 1.29 is 0 Å². The van der Waals surface area contributed by atoms with Crippen molar-refractivity contribution in [3.05, 3.63) is 28.2 Å². The van der Waals surface area contributed by atoms with E-state index in [1.54, 1.807) is 6.07 Å². The van der Waals surface area contributed by atoms with Crippen molar-refractivity contribution in [3.63, 3.8) is 0 Å². The highest BCUT2D eigenvalue weighted by Gasteiger charge is 2.20. The molecule has 0 fully saturated rings. The summed E-state index contributed by atoms with van der Waals surface area (Å²) in [6.45, 7) is 8.69. The first-order chi connectivity index (χ1) is 6.82. The number of nitrogens with one attached hydrogen (secondary N) is 1. The van der Waals surface area contributed by atoms with Crippen LogP contribution in [0.25, 0.3) is 0 Å². The Kier molecular flexibility index (Phi) is 3.91. The summed E-state index contributed by atoms with van der Waals surface area (Å²) in [4.78, 5) is 0. The first-order valence-electron chi connectivity index (χ1n) is 5.03. The Hall–Kier alpha value is -0.400. The average molecular weight is 246 g/mol. The average Bonchev–Trinajstić information content (AvgIpc) is 2.11. The maximum Gasteiger partial charge on any atom is 0.0823 e. The maximum absolute atomic E-state index is 6.09. The molecule has 1 atom stereocenters. The molecular formula is C12H17Cl2N. The van der Waals surface area contributed by atoms with E-state index in [1.165, 1.54) is 0 Å². The van der Waals surface area contributed by atoms with Gasteiger partial charge in [0.25, 0.3) is 0 Å². The normalized spacial score (nSPS) is 13.7. The van der Waals surface area contributed by atoms with E-state index in [1.807, 2.05) is 12.1 Å². The molecule has 0 heterocycles. The Morgan fingerprint density at radius 3 is 2.33 bits per heavy atom. The van der Waals surface area contributed by atoms with Crippen LogP contribution in [0.5, 0.6) is 0 Å². The van der Waals surface area contributed by atoms with Gasteiger partial charge in [0.15, 0.2) is 0 Å². The lowest BCUT2D eigenvalue weighted by Gasteiger charge is -2.29. The van der Waals surface area contributed by atoms with Crippen molar-refractivity contribution in [1.82, 2.24) is 0 Å². The first-order valence-corrected chi connectivity index (χ1v) is 5.78. The lowest BCUT2D eigenvalue weighted by atomic mass is 9.88. The molecular weight excluding hydrogens is 229 g/mol. The minimum atomic E-state index is 0.186. The van der Waals surface area contributed by atoms with Gasteiger partial charge < -0.3 is 5.32 Å². The van der Waals surface area contributed by atoms with E-state index in [-0.39, 0.29) is 5.41 Å². The zero-order valence-electron chi connectivity index (χ0n) is 9.57. The molecule has 0 aliphatic carbocycles. The Labute approximate surface area is 102 Å². The molecule has 0 bridgehead atoms. The van der Waals surface area contributed by atoms with Crippen LogP contribution in [0.1, 0.15) is 27.7 Å². The summed E-state index contributed by atoms with van der Waals surface area (Å²) in [5, 5.41) is 4.55. The van der Waals surface area contributed by atoms with Crippen molar-refractivity contribution in [3.8, 4) is 0 Å². The van der Waals surface area contributed by atoms with E-state index in [9.17, 15) is 0 Å². The van der Waals surface area contributed by atoms with Gasteiger partial charge in [0.2, 0.25) is 0 Å². The molecule has 0 saturated heterocycles. The quantitative estimate of drug-likeness (QED) is 0.787. The van der Waals surface area contributed by atoms with Gasteiger partial charge in [-0.3, -0.25) is 0 Å². The van der Waals surface area contributed by atoms with Gasteiger partial charge >= 0.3 is 0 Å². The van der Waals surface area contributed by atoms with Gasteiger partial charge in [0.05, 0.1) is 15.7 Å². The minimum Gasteiger partial charge on any atom is -0.381 e. The van der Waals surface area contributed by atoms with Crippen LogP contribution in [0.3, 0.4) is 0 Å². The standard InChI is InChI=1S/C12H17Cl2N/c1-8(12(2,3)4)15-10-7-5-6-9(13)11(10)14/h5-8,15H,1-4H3. The van der Waals surface area contributed by atoms with Crippen LogP contribution < -0.4 is 5.32 Å². The molecule has 0 aromatic heterocycles. The monoisotopic (exact) mass is 245 g/mol. The van der Waals surface area contributed by atoms with Crippen molar-refractivity contribution >= 4 is 28.9 Å². The van der Waals surface area contributed by atoms with Crippen molar-refractivity contribution in [2.75, 3.05) is 5.32 Å². The lowest BCUT2D eigenvalue weighted by molar-refractivity contribution is 0.359. The van der Waals surface area contributed by atoms with E-state index in [0.29, 0.717) is 16.1 Å². The molecule has 84 valence electrons. The molecule has 1 unspecified atom stereocenters. The van der Waals surface area contributed by atoms with Crippen LogP contribution >= 0.6 is 23.2 Å². The topological polar surface area (TPSA) is 12.0 Å². The van der Waals surface area contributed by atoms with E-state index in [4.69, 9.17) is 23.2 Å². The highest BCUT2D eigenvalue weighted by molar-refractivity contribution is 6.43. The summed E-state index contributed by atoms with van der Waals surface area (Å²) < 4.78 is 0. The smallest absolute Gasteiger partial charge is 0.0823 e. The van der Waals surface area contributed by atoms with E-state index >= 15 is 0 Å². The lowest BCUT2D eigenvalue weighted by Crippen LogP contribution is -2.30. The molecule has 0 spiro atoms. The summed E-state index contributed by atoms with van der Waals surface area (Å²) in [7, 11) is 0. The number of benzene rings is 1. The number of rotatable bonds is 2. The molecule has 1 nitrogen and oxygen atoms in total. The molecule has 1 aromatic rings. The highest BCUT2D eigenvalue weighted by atomic mass is 35.5. The summed E-state index contributed by atoms with van der Waals surface area (Å²) in [6.07, 6.45) is 0. The van der Waals surface area contributed by atoms with Crippen LogP contribution in [0, 0.1) is 5.41 Å². The molecule has 1 N–H and O–H groups in total. The summed E-state index contributed by atoms with van der Waals surface area (Å²) in [5.74, 6) is 0. The van der Waals surface area contributed by atoms with Gasteiger partial charge in [0.1, 0.15) is 0 Å². The van der Waals surface area contributed by atoms with Crippen molar-refractivity contribution in [1.29, 1.82) is 0 Å². The Balaban J connectivity index is 2.86. The second-order valence-electron chi connectivity index (χ2n) is 4.83. The maximum atomic E-state index is 6.09. The molecule has 0 aliphatic rings. The fourth-order valence-electron chi connectivity index (χ4n) is 1.07. The number of halogens is 2. The minimum absolute atomic E-state index is 0.186. The summed E-state index contributed by atoms with van der Waals surface area (Å²) in [5.41, 5.74) is 1.08. The number of anilines is 1. The second-order valence-corrected chi connectivity index (χ2v) is 5.62. The van der Waals surface area contributed by atoms with Crippen LogP contribution in [0.4, 0.5) is 5.69 Å². The summed E-state index contributed by atoms with van der Waals surface area (Å²) in [6, 6.07) is 5.95. The molecule has 3 heteroatoms. The Morgan fingerprint density at radius 2 is 1.80 bits per heavy atom. The Morgan fingerprint density at radius 1 is 1.20 bits per heavy atom. The zero-order valence-corrected chi connectivity index (χ0v) is 11.1. The van der Waals surface area contributed by atoms with Crippen molar-refractivity contribution in [2.24, 2.45) is 5.41 Å². The third kappa shape index (κ3) is 3.29. The molecule has 1 rings (SSSR count). The summed E-state index contributed by atoms with van der Waals surface area (Å²) >= 11 is 12.0. The molecule has 0 aliphatic heterocycles. The highest BCUT2D eigenvalue weighted by Crippen LogP contribution is 2.32.